The Kier molecular flexibility index (Phi) is 2.79. The summed E-state index contributed by atoms with van der Waals surface area (Å²) in [7, 11) is 0. The summed E-state index contributed by atoms with van der Waals surface area (Å²) in [5.74, 6) is 0.405. The maximum absolute atomic E-state index is 11.8. The van der Waals surface area contributed by atoms with E-state index in [1.807, 2.05) is 48.6 Å². The first-order valence-corrected chi connectivity index (χ1v) is 6.00. The molecule has 0 spiro atoms. The summed E-state index contributed by atoms with van der Waals surface area (Å²) in [4.78, 5) is 11.8. The van der Waals surface area contributed by atoms with E-state index in [4.69, 9.17) is 0 Å². The minimum Gasteiger partial charge on any atom is -0.302 e. The van der Waals surface area contributed by atoms with Crippen LogP contribution in [0, 0.1) is 0 Å². The van der Waals surface area contributed by atoms with Gasteiger partial charge in [0.2, 0.25) is 0 Å². The highest BCUT2D eigenvalue weighted by molar-refractivity contribution is 5.92. The zero-order valence-electron chi connectivity index (χ0n) is 10.2. The second-order valence-electron chi connectivity index (χ2n) is 4.40. The zero-order chi connectivity index (χ0) is 13.1. The van der Waals surface area contributed by atoms with E-state index in [0.717, 1.165) is 17.4 Å². The van der Waals surface area contributed by atoms with Crippen LogP contribution < -0.4 is 0 Å². The molecule has 1 aromatic carbocycles. The summed E-state index contributed by atoms with van der Waals surface area (Å²) in [6.45, 7) is 0. The fourth-order valence-corrected chi connectivity index (χ4v) is 2.38. The number of rotatable bonds is 3. The number of hydrogen-bond donors (Lipinski definition) is 1. The number of aromatic amines is 1. The van der Waals surface area contributed by atoms with Crippen molar-refractivity contribution in [1.29, 1.82) is 0 Å². The number of nitrogens with zero attached hydrogens (tertiary/aromatic N) is 3. The molecule has 0 saturated heterocycles. The van der Waals surface area contributed by atoms with E-state index in [2.05, 4.69) is 20.6 Å². The third kappa shape index (κ3) is 1.79. The smallest absolute Gasteiger partial charge is 0.192 e. The average Bonchev–Trinajstić information content (AvgIpc) is 3.03. The second-order valence-corrected chi connectivity index (χ2v) is 4.40. The maximum Gasteiger partial charge on any atom is 0.192 e. The lowest BCUT2D eigenvalue weighted by Crippen LogP contribution is -2.32. The molecule has 0 saturated carbocycles. The monoisotopic (exact) mass is 252 g/mol. The van der Waals surface area contributed by atoms with Gasteiger partial charge in [0.25, 0.3) is 0 Å². The first-order chi connectivity index (χ1) is 9.37. The molecule has 1 heterocycles. The third-order valence-corrected chi connectivity index (χ3v) is 3.35. The Bertz CT molecular complexity index is 631. The standard InChI is InChI=1S/C14H12N4O/c19-10-14(13-15-17-18-16-13)9-5-4-8-12(14)11-6-2-1-3-7-11/h1-8,10H,9H2,(H,15,16,17,18). The van der Waals surface area contributed by atoms with Gasteiger partial charge < -0.3 is 4.79 Å². The number of tetrazole rings is 1. The van der Waals surface area contributed by atoms with Crippen molar-refractivity contribution in [2.45, 2.75) is 11.8 Å². The molecule has 1 atom stereocenters. The summed E-state index contributed by atoms with van der Waals surface area (Å²) in [6, 6.07) is 9.78. The molecule has 0 amide bonds. The highest BCUT2D eigenvalue weighted by Gasteiger charge is 2.40. The van der Waals surface area contributed by atoms with E-state index in [9.17, 15) is 4.79 Å². The molecule has 0 radical (unpaired) electrons. The third-order valence-electron chi connectivity index (χ3n) is 3.35. The van der Waals surface area contributed by atoms with Crippen LogP contribution in [-0.4, -0.2) is 26.9 Å². The number of aromatic nitrogens is 4. The Hall–Kier alpha value is -2.56. The minimum atomic E-state index is -0.858. The number of aldehydes is 1. The predicted octanol–water partition coefficient (Wildman–Crippen LogP) is 1.68. The Morgan fingerprint density at radius 2 is 2.11 bits per heavy atom. The molecule has 1 unspecified atom stereocenters. The number of allylic oxidation sites excluding steroid dienone is 4. The number of benzene rings is 1. The average molecular weight is 252 g/mol. The van der Waals surface area contributed by atoms with Gasteiger partial charge in [-0.2, -0.15) is 5.21 Å². The Morgan fingerprint density at radius 3 is 2.79 bits per heavy atom. The van der Waals surface area contributed by atoms with Crippen molar-refractivity contribution in [1.82, 2.24) is 20.6 Å². The highest BCUT2D eigenvalue weighted by Crippen LogP contribution is 2.40. The van der Waals surface area contributed by atoms with Gasteiger partial charge in [-0.25, -0.2) is 0 Å². The van der Waals surface area contributed by atoms with Crippen molar-refractivity contribution in [2.24, 2.45) is 0 Å². The van der Waals surface area contributed by atoms with Crippen LogP contribution in [0.3, 0.4) is 0 Å². The summed E-state index contributed by atoms with van der Waals surface area (Å²) < 4.78 is 0. The zero-order valence-corrected chi connectivity index (χ0v) is 10.2. The van der Waals surface area contributed by atoms with E-state index in [1.54, 1.807) is 0 Å². The molecule has 1 aliphatic carbocycles. The van der Waals surface area contributed by atoms with Gasteiger partial charge in [0.05, 0.1) is 0 Å². The molecule has 19 heavy (non-hydrogen) atoms. The molecule has 94 valence electrons. The summed E-state index contributed by atoms with van der Waals surface area (Å²) in [5.41, 5.74) is 1.03. The maximum atomic E-state index is 11.8. The van der Waals surface area contributed by atoms with E-state index >= 15 is 0 Å². The topological polar surface area (TPSA) is 71.5 Å². The molecule has 2 aromatic rings. The lowest BCUT2D eigenvalue weighted by molar-refractivity contribution is -0.111. The van der Waals surface area contributed by atoms with Gasteiger partial charge in [-0.1, -0.05) is 53.8 Å². The number of nitrogens with one attached hydrogen (secondary N) is 1. The second kappa shape index (κ2) is 4.61. The predicted molar refractivity (Wildman–Crippen MR) is 70.1 cm³/mol. The summed E-state index contributed by atoms with van der Waals surface area (Å²) in [6.07, 6.45) is 7.27. The fraction of sp³-hybridized carbons (Fsp3) is 0.143. The Balaban J connectivity index is 2.17. The first kappa shape index (κ1) is 11.5. The van der Waals surface area contributed by atoms with Gasteiger partial charge in [0.1, 0.15) is 11.7 Å². The van der Waals surface area contributed by atoms with Crippen molar-refractivity contribution in [3.05, 3.63) is 59.9 Å². The van der Waals surface area contributed by atoms with Gasteiger partial charge in [-0.15, -0.1) is 10.2 Å². The van der Waals surface area contributed by atoms with Gasteiger partial charge in [0, 0.05) is 0 Å². The van der Waals surface area contributed by atoms with Crippen molar-refractivity contribution >= 4 is 11.9 Å². The molecule has 1 N–H and O–H groups in total. The SMILES string of the molecule is O=CC1(c2nn[nH]n2)CC=CC=C1c1ccccc1. The van der Waals surface area contributed by atoms with E-state index in [0.29, 0.717) is 12.2 Å². The van der Waals surface area contributed by atoms with Crippen LogP contribution in [0.1, 0.15) is 17.8 Å². The van der Waals surface area contributed by atoms with E-state index in [1.165, 1.54) is 0 Å². The molecule has 1 aliphatic rings. The van der Waals surface area contributed by atoms with Crippen LogP contribution in [0.5, 0.6) is 0 Å². The molecule has 5 nitrogen and oxygen atoms in total. The molecule has 3 rings (SSSR count). The van der Waals surface area contributed by atoms with Crippen molar-refractivity contribution in [2.75, 3.05) is 0 Å². The van der Waals surface area contributed by atoms with Gasteiger partial charge in [-0.3, -0.25) is 0 Å². The van der Waals surface area contributed by atoms with E-state index in [-0.39, 0.29) is 0 Å². The van der Waals surface area contributed by atoms with Gasteiger partial charge in [-0.05, 0) is 17.6 Å². The van der Waals surface area contributed by atoms with Gasteiger partial charge in [0.15, 0.2) is 5.82 Å². The highest BCUT2D eigenvalue weighted by atomic mass is 16.1. The largest absolute Gasteiger partial charge is 0.302 e. The summed E-state index contributed by atoms with van der Waals surface area (Å²) >= 11 is 0. The Labute approximate surface area is 110 Å². The van der Waals surface area contributed by atoms with Crippen LogP contribution in [0.4, 0.5) is 0 Å². The number of carbonyl (C=O) groups excluding carboxylic acids is 1. The normalized spacial score (nSPS) is 22.0. The minimum absolute atomic E-state index is 0.405. The van der Waals surface area contributed by atoms with Crippen LogP contribution in [0.15, 0.2) is 48.6 Å². The van der Waals surface area contributed by atoms with Crippen LogP contribution in [0.25, 0.3) is 5.57 Å². The molecular weight excluding hydrogens is 240 g/mol. The molecule has 0 aliphatic heterocycles. The molecule has 5 heteroatoms. The molecule has 0 bridgehead atoms. The number of hydrogen-bond acceptors (Lipinski definition) is 4. The summed E-state index contributed by atoms with van der Waals surface area (Å²) in [5, 5.41) is 14.0. The molecule has 1 aromatic heterocycles. The van der Waals surface area contributed by atoms with Gasteiger partial charge >= 0.3 is 0 Å². The first-order valence-electron chi connectivity index (χ1n) is 6.00. The molecular formula is C14H12N4O. The van der Waals surface area contributed by atoms with E-state index < -0.39 is 5.41 Å². The van der Waals surface area contributed by atoms with Crippen LogP contribution in [0.2, 0.25) is 0 Å². The Morgan fingerprint density at radius 1 is 1.26 bits per heavy atom. The quantitative estimate of drug-likeness (QED) is 0.844. The van der Waals surface area contributed by atoms with Crippen LogP contribution >= 0.6 is 0 Å². The molecule has 0 fully saturated rings. The fourth-order valence-electron chi connectivity index (χ4n) is 2.38. The number of carbonyl (C=O) groups is 1. The van der Waals surface area contributed by atoms with Crippen molar-refractivity contribution in [3.8, 4) is 0 Å². The van der Waals surface area contributed by atoms with Crippen molar-refractivity contribution in [3.63, 3.8) is 0 Å². The lowest BCUT2D eigenvalue weighted by Gasteiger charge is -2.28. The van der Waals surface area contributed by atoms with Crippen molar-refractivity contribution < 1.29 is 4.79 Å². The number of H-pyrrole nitrogens is 1. The van der Waals surface area contributed by atoms with Crippen LogP contribution in [-0.2, 0) is 10.2 Å². The lowest BCUT2D eigenvalue weighted by atomic mass is 9.72.